The molecule has 0 atom stereocenters. The summed E-state index contributed by atoms with van der Waals surface area (Å²) in [6, 6.07) is 2.58. The Morgan fingerprint density at radius 1 is 1.39 bits per heavy atom. The quantitative estimate of drug-likeness (QED) is 0.842. The summed E-state index contributed by atoms with van der Waals surface area (Å²) in [4.78, 5) is 11.1. The summed E-state index contributed by atoms with van der Waals surface area (Å²) < 4.78 is 28.0. The molecule has 1 aromatic rings. The Labute approximate surface area is 106 Å². The zero-order chi connectivity index (χ0) is 13.9. The van der Waals surface area contributed by atoms with Gasteiger partial charge in [-0.05, 0) is 36.3 Å². The molecule has 98 valence electrons. The molecule has 0 radical (unpaired) electrons. The molecule has 0 bridgehead atoms. The van der Waals surface area contributed by atoms with Crippen LogP contribution in [-0.4, -0.2) is 32.9 Å². The van der Waals surface area contributed by atoms with Gasteiger partial charge in [-0.15, -0.1) is 0 Å². The molecule has 0 aliphatic rings. The summed E-state index contributed by atoms with van der Waals surface area (Å²) in [5, 5.41) is 9.00. The second-order valence-electron chi connectivity index (χ2n) is 3.77. The highest BCUT2D eigenvalue weighted by atomic mass is 32.2. The highest BCUT2D eigenvalue weighted by molar-refractivity contribution is 7.90. The van der Waals surface area contributed by atoms with E-state index < -0.39 is 15.8 Å². The van der Waals surface area contributed by atoms with Crippen LogP contribution in [0.15, 0.2) is 23.3 Å². The molecule has 1 aromatic carbocycles. The molecule has 0 aliphatic carbocycles. The van der Waals surface area contributed by atoms with E-state index in [1.54, 1.807) is 6.92 Å². The van der Waals surface area contributed by atoms with Crippen molar-refractivity contribution in [1.29, 1.82) is 0 Å². The second kappa shape index (κ2) is 5.22. The summed E-state index contributed by atoms with van der Waals surface area (Å²) in [7, 11) is -2.00. The maximum atomic E-state index is 11.6. The number of rotatable bonds is 4. The zero-order valence-electron chi connectivity index (χ0n) is 10.3. The standard InChI is InChI=1S/C12H14O5S/c1-8-9(6-7-17-2)11(18(3,15)16)5-4-10(8)12(13)14/h4-7H,1-3H3,(H,13,14). The number of hydrogen-bond acceptors (Lipinski definition) is 4. The van der Waals surface area contributed by atoms with E-state index in [1.165, 1.54) is 31.6 Å². The number of benzene rings is 1. The Bertz CT molecular complexity index is 599. The fourth-order valence-corrected chi connectivity index (χ4v) is 2.54. The summed E-state index contributed by atoms with van der Waals surface area (Å²) in [5.74, 6) is -1.10. The van der Waals surface area contributed by atoms with Gasteiger partial charge >= 0.3 is 5.97 Å². The Balaban J connectivity index is 3.62. The number of carbonyl (C=O) groups is 1. The van der Waals surface area contributed by atoms with Gasteiger partial charge in [0.15, 0.2) is 9.84 Å². The largest absolute Gasteiger partial charge is 0.504 e. The van der Waals surface area contributed by atoms with Crippen molar-refractivity contribution in [2.24, 2.45) is 0 Å². The smallest absolute Gasteiger partial charge is 0.335 e. The van der Waals surface area contributed by atoms with Crippen LogP contribution in [-0.2, 0) is 14.6 Å². The van der Waals surface area contributed by atoms with E-state index in [-0.39, 0.29) is 10.5 Å². The average Bonchev–Trinajstić information content (AvgIpc) is 2.25. The van der Waals surface area contributed by atoms with Crippen molar-refractivity contribution in [3.8, 4) is 0 Å². The molecule has 0 aromatic heterocycles. The molecule has 0 fully saturated rings. The van der Waals surface area contributed by atoms with E-state index in [0.717, 1.165) is 6.26 Å². The second-order valence-corrected chi connectivity index (χ2v) is 5.75. The maximum absolute atomic E-state index is 11.6. The molecule has 5 nitrogen and oxygen atoms in total. The third kappa shape index (κ3) is 2.89. The number of methoxy groups -OCH3 is 1. The molecule has 0 aliphatic heterocycles. The average molecular weight is 270 g/mol. The highest BCUT2D eigenvalue weighted by Gasteiger charge is 2.18. The molecule has 18 heavy (non-hydrogen) atoms. The van der Waals surface area contributed by atoms with Gasteiger partial charge < -0.3 is 9.84 Å². The molecule has 0 amide bonds. The molecule has 6 heteroatoms. The first kappa shape index (κ1) is 14.2. The van der Waals surface area contributed by atoms with E-state index in [0.29, 0.717) is 11.1 Å². The van der Waals surface area contributed by atoms with E-state index in [4.69, 9.17) is 9.84 Å². The van der Waals surface area contributed by atoms with Gasteiger partial charge in [-0.25, -0.2) is 13.2 Å². The lowest BCUT2D eigenvalue weighted by Crippen LogP contribution is -2.07. The van der Waals surface area contributed by atoms with Gasteiger partial charge in [0.2, 0.25) is 0 Å². The SMILES string of the molecule is COC=Cc1c(S(C)(=O)=O)ccc(C(=O)O)c1C. The van der Waals surface area contributed by atoms with Crippen molar-refractivity contribution in [1.82, 2.24) is 0 Å². The topological polar surface area (TPSA) is 80.7 Å². The number of carboxylic acids is 1. The predicted molar refractivity (Wildman–Crippen MR) is 67.3 cm³/mol. The van der Waals surface area contributed by atoms with Crippen molar-refractivity contribution < 1.29 is 23.1 Å². The van der Waals surface area contributed by atoms with Gasteiger partial charge in [0.05, 0.1) is 23.8 Å². The van der Waals surface area contributed by atoms with Gasteiger partial charge in [-0.2, -0.15) is 0 Å². The van der Waals surface area contributed by atoms with E-state index in [1.807, 2.05) is 0 Å². The lowest BCUT2D eigenvalue weighted by Gasteiger charge is -2.10. The number of aromatic carboxylic acids is 1. The Hall–Kier alpha value is -1.82. The van der Waals surface area contributed by atoms with Crippen molar-refractivity contribution in [3.63, 3.8) is 0 Å². The monoisotopic (exact) mass is 270 g/mol. The lowest BCUT2D eigenvalue weighted by atomic mass is 10.0. The molecular formula is C12H14O5S. The van der Waals surface area contributed by atoms with Crippen LogP contribution in [0.3, 0.4) is 0 Å². The first-order valence-electron chi connectivity index (χ1n) is 5.05. The van der Waals surface area contributed by atoms with E-state index in [2.05, 4.69) is 0 Å². The molecule has 1 rings (SSSR count). The minimum atomic E-state index is -3.43. The lowest BCUT2D eigenvalue weighted by molar-refractivity contribution is 0.0696. The van der Waals surface area contributed by atoms with Gasteiger partial charge in [0.1, 0.15) is 0 Å². The minimum absolute atomic E-state index is 0.0677. The minimum Gasteiger partial charge on any atom is -0.504 e. The molecule has 0 unspecified atom stereocenters. The Morgan fingerprint density at radius 3 is 2.44 bits per heavy atom. The van der Waals surface area contributed by atoms with Gasteiger partial charge in [-0.1, -0.05) is 0 Å². The van der Waals surface area contributed by atoms with Crippen LogP contribution in [0.5, 0.6) is 0 Å². The van der Waals surface area contributed by atoms with Crippen LogP contribution in [0.1, 0.15) is 21.5 Å². The highest BCUT2D eigenvalue weighted by Crippen LogP contribution is 2.24. The third-order valence-electron chi connectivity index (χ3n) is 2.48. The Morgan fingerprint density at radius 2 is 2.00 bits per heavy atom. The molecular weight excluding hydrogens is 256 g/mol. The van der Waals surface area contributed by atoms with Crippen molar-refractivity contribution in [3.05, 3.63) is 35.1 Å². The first-order chi connectivity index (χ1) is 8.29. The van der Waals surface area contributed by atoms with E-state index >= 15 is 0 Å². The van der Waals surface area contributed by atoms with Crippen molar-refractivity contribution in [2.45, 2.75) is 11.8 Å². The summed E-state index contributed by atoms with van der Waals surface area (Å²) in [6.07, 6.45) is 3.83. The van der Waals surface area contributed by atoms with Crippen molar-refractivity contribution >= 4 is 21.9 Å². The maximum Gasteiger partial charge on any atom is 0.335 e. The predicted octanol–water partition coefficient (Wildman–Crippen LogP) is 1.71. The van der Waals surface area contributed by atoms with Crippen LogP contribution in [0.4, 0.5) is 0 Å². The van der Waals surface area contributed by atoms with Crippen LogP contribution in [0.2, 0.25) is 0 Å². The first-order valence-corrected chi connectivity index (χ1v) is 6.94. The van der Waals surface area contributed by atoms with Crippen LogP contribution in [0.25, 0.3) is 6.08 Å². The number of sulfone groups is 1. The van der Waals surface area contributed by atoms with Crippen molar-refractivity contribution in [2.75, 3.05) is 13.4 Å². The number of hydrogen-bond donors (Lipinski definition) is 1. The molecule has 0 saturated heterocycles. The number of ether oxygens (including phenoxy) is 1. The van der Waals surface area contributed by atoms with Crippen LogP contribution >= 0.6 is 0 Å². The third-order valence-corrected chi connectivity index (χ3v) is 3.63. The fraction of sp³-hybridized carbons (Fsp3) is 0.250. The molecule has 0 spiro atoms. The zero-order valence-corrected chi connectivity index (χ0v) is 11.1. The summed E-state index contributed by atoms with van der Waals surface area (Å²) in [5.41, 5.74) is 0.788. The summed E-state index contributed by atoms with van der Waals surface area (Å²) in [6.45, 7) is 1.56. The van der Waals surface area contributed by atoms with Crippen LogP contribution < -0.4 is 0 Å². The van der Waals surface area contributed by atoms with Gasteiger partial charge in [0.25, 0.3) is 0 Å². The Kier molecular flexibility index (Phi) is 4.13. The summed E-state index contributed by atoms with van der Waals surface area (Å²) >= 11 is 0. The molecule has 0 saturated carbocycles. The normalized spacial score (nSPS) is 11.7. The van der Waals surface area contributed by atoms with Gasteiger partial charge in [-0.3, -0.25) is 0 Å². The molecule has 1 N–H and O–H groups in total. The molecule has 0 heterocycles. The fourth-order valence-electron chi connectivity index (χ4n) is 1.60. The van der Waals surface area contributed by atoms with Crippen LogP contribution in [0, 0.1) is 6.92 Å². The van der Waals surface area contributed by atoms with Gasteiger partial charge in [0, 0.05) is 6.26 Å². The van der Waals surface area contributed by atoms with E-state index in [9.17, 15) is 13.2 Å². The number of carboxylic acid groups (broad SMARTS) is 1.